The van der Waals surface area contributed by atoms with E-state index in [4.69, 9.17) is 5.73 Å². The van der Waals surface area contributed by atoms with Crippen molar-refractivity contribution in [2.45, 2.75) is 6.54 Å². The molecular formula is C16H14FN3O3. The zero-order valence-electron chi connectivity index (χ0n) is 12.0. The molecule has 0 atom stereocenters. The van der Waals surface area contributed by atoms with Gasteiger partial charge in [0.25, 0.3) is 0 Å². The van der Waals surface area contributed by atoms with Crippen molar-refractivity contribution in [1.82, 2.24) is 5.32 Å². The minimum absolute atomic E-state index is 0.104. The highest BCUT2D eigenvalue weighted by atomic mass is 19.1. The monoisotopic (exact) mass is 315 g/mol. The van der Waals surface area contributed by atoms with Gasteiger partial charge in [-0.25, -0.2) is 4.39 Å². The summed E-state index contributed by atoms with van der Waals surface area (Å²) in [6, 6.07) is 11.4. The Morgan fingerprint density at radius 2 is 1.52 bits per heavy atom. The van der Waals surface area contributed by atoms with Crippen LogP contribution in [0.15, 0.2) is 48.5 Å². The normalized spacial score (nSPS) is 9.96. The van der Waals surface area contributed by atoms with Crippen LogP contribution >= 0.6 is 0 Å². The van der Waals surface area contributed by atoms with Crippen LogP contribution in [0.25, 0.3) is 0 Å². The fourth-order valence-electron chi connectivity index (χ4n) is 1.77. The quantitative estimate of drug-likeness (QED) is 0.738. The fourth-order valence-corrected chi connectivity index (χ4v) is 1.77. The summed E-state index contributed by atoms with van der Waals surface area (Å²) in [5.41, 5.74) is 6.42. The minimum atomic E-state index is -0.848. The first-order valence-corrected chi connectivity index (χ1v) is 6.69. The van der Waals surface area contributed by atoms with Gasteiger partial charge in [-0.3, -0.25) is 14.4 Å². The molecule has 0 aliphatic heterocycles. The number of carbonyl (C=O) groups is 3. The van der Waals surface area contributed by atoms with Crippen molar-refractivity contribution in [1.29, 1.82) is 0 Å². The number of carbonyl (C=O) groups excluding carboxylic acids is 3. The Balaban J connectivity index is 1.88. The molecule has 6 nitrogen and oxygen atoms in total. The van der Waals surface area contributed by atoms with Gasteiger partial charge < -0.3 is 16.4 Å². The number of benzene rings is 2. The van der Waals surface area contributed by atoms with E-state index in [0.717, 1.165) is 0 Å². The molecule has 2 aromatic rings. The Morgan fingerprint density at radius 1 is 0.913 bits per heavy atom. The van der Waals surface area contributed by atoms with Crippen LogP contribution in [0, 0.1) is 5.82 Å². The Hall–Kier alpha value is -3.22. The SMILES string of the molecule is NC(=O)c1ccc(NC(=O)C(=O)NCc2ccc(F)cc2)cc1. The molecular weight excluding hydrogens is 301 g/mol. The minimum Gasteiger partial charge on any atom is -0.366 e. The molecule has 0 aromatic heterocycles. The molecule has 2 aromatic carbocycles. The van der Waals surface area contributed by atoms with Crippen LogP contribution in [0.3, 0.4) is 0 Å². The summed E-state index contributed by atoms with van der Waals surface area (Å²) < 4.78 is 12.8. The van der Waals surface area contributed by atoms with Gasteiger partial charge in [-0.15, -0.1) is 0 Å². The zero-order chi connectivity index (χ0) is 16.8. The van der Waals surface area contributed by atoms with Crippen molar-refractivity contribution in [3.63, 3.8) is 0 Å². The Bertz CT molecular complexity index is 727. The molecule has 0 radical (unpaired) electrons. The van der Waals surface area contributed by atoms with Crippen molar-refractivity contribution in [3.8, 4) is 0 Å². The summed E-state index contributed by atoms with van der Waals surface area (Å²) in [4.78, 5) is 34.4. The van der Waals surface area contributed by atoms with Gasteiger partial charge in [-0.2, -0.15) is 0 Å². The molecule has 0 heterocycles. The van der Waals surface area contributed by atoms with Crippen LogP contribution in [0.1, 0.15) is 15.9 Å². The number of amides is 3. The molecule has 0 aliphatic rings. The first-order valence-electron chi connectivity index (χ1n) is 6.69. The predicted molar refractivity (Wildman–Crippen MR) is 81.8 cm³/mol. The number of primary amides is 1. The third-order valence-electron chi connectivity index (χ3n) is 3.00. The average molecular weight is 315 g/mol. The largest absolute Gasteiger partial charge is 0.366 e. The summed E-state index contributed by atoms with van der Waals surface area (Å²) in [5.74, 6) is -2.63. The van der Waals surface area contributed by atoms with Gasteiger partial charge in [0, 0.05) is 17.8 Å². The standard InChI is InChI=1S/C16H14FN3O3/c17-12-5-1-10(2-6-12)9-19-15(22)16(23)20-13-7-3-11(4-8-13)14(18)21/h1-8H,9H2,(H2,18,21)(H,19,22)(H,20,23). The Kier molecular flexibility index (Phi) is 5.03. The van der Waals surface area contributed by atoms with E-state index in [1.54, 1.807) is 0 Å². The first-order chi connectivity index (χ1) is 11.0. The number of halogens is 1. The highest BCUT2D eigenvalue weighted by molar-refractivity contribution is 6.39. The summed E-state index contributed by atoms with van der Waals surface area (Å²) in [7, 11) is 0. The van der Waals surface area contributed by atoms with E-state index in [2.05, 4.69) is 10.6 Å². The summed E-state index contributed by atoms with van der Waals surface area (Å²) in [6.07, 6.45) is 0. The molecule has 0 unspecified atom stereocenters. The van der Waals surface area contributed by atoms with Crippen LogP contribution in [-0.2, 0) is 16.1 Å². The molecule has 2 rings (SSSR count). The second-order valence-electron chi connectivity index (χ2n) is 4.70. The molecule has 0 bridgehead atoms. The van der Waals surface area contributed by atoms with E-state index in [1.165, 1.54) is 48.5 Å². The number of hydrogen-bond donors (Lipinski definition) is 3. The summed E-state index contributed by atoms with van der Waals surface area (Å²) >= 11 is 0. The molecule has 0 saturated heterocycles. The van der Waals surface area contributed by atoms with Crippen LogP contribution in [-0.4, -0.2) is 17.7 Å². The lowest BCUT2D eigenvalue weighted by Gasteiger charge is -2.07. The molecule has 4 N–H and O–H groups in total. The van der Waals surface area contributed by atoms with Gasteiger partial charge in [0.05, 0.1) is 0 Å². The fraction of sp³-hybridized carbons (Fsp3) is 0.0625. The van der Waals surface area contributed by atoms with Gasteiger partial charge in [0.1, 0.15) is 5.82 Å². The second kappa shape index (κ2) is 7.17. The molecule has 23 heavy (non-hydrogen) atoms. The lowest BCUT2D eigenvalue weighted by Crippen LogP contribution is -2.34. The van der Waals surface area contributed by atoms with Crippen LogP contribution < -0.4 is 16.4 Å². The topological polar surface area (TPSA) is 101 Å². The third kappa shape index (κ3) is 4.63. The highest BCUT2D eigenvalue weighted by Crippen LogP contribution is 2.09. The Labute approximate surface area is 131 Å². The predicted octanol–water partition coefficient (Wildman–Crippen LogP) is 1.18. The van der Waals surface area contributed by atoms with Crippen molar-refractivity contribution in [2.24, 2.45) is 5.73 Å². The number of anilines is 1. The van der Waals surface area contributed by atoms with Crippen molar-refractivity contribution in [3.05, 3.63) is 65.5 Å². The Morgan fingerprint density at radius 3 is 2.09 bits per heavy atom. The lowest BCUT2D eigenvalue weighted by atomic mass is 10.2. The molecule has 7 heteroatoms. The van der Waals surface area contributed by atoms with Crippen LogP contribution in [0.5, 0.6) is 0 Å². The van der Waals surface area contributed by atoms with Crippen molar-refractivity contribution in [2.75, 3.05) is 5.32 Å². The number of hydrogen-bond acceptors (Lipinski definition) is 3. The van der Waals surface area contributed by atoms with Gasteiger partial charge in [0.15, 0.2) is 0 Å². The molecule has 0 fully saturated rings. The van der Waals surface area contributed by atoms with E-state index in [0.29, 0.717) is 16.8 Å². The number of nitrogens with one attached hydrogen (secondary N) is 2. The maximum atomic E-state index is 12.8. The van der Waals surface area contributed by atoms with Gasteiger partial charge in [-0.05, 0) is 42.0 Å². The molecule has 0 saturated carbocycles. The van der Waals surface area contributed by atoms with Crippen LogP contribution in [0.2, 0.25) is 0 Å². The molecule has 118 valence electrons. The van der Waals surface area contributed by atoms with E-state index in [1.807, 2.05) is 0 Å². The van der Waals surface area contributed by atoms with Crippen LogP contribution in [0.4, 0.5) is 10.1 Å². The average Bonchev–Trinajstić information content (AvgIpc) is 2.54. The lowest BCUT2D eigenvalue weighted by molar-refractivity contribution is -0.136. The maximum absolute atomic E-state index is 12.8. The molecule has 0 spiro atoms. The van der Waals surface area contributed by atoms with Crippen molar-refractivity contribution >= 4 is 23.4 Å². The first kappa shape index (κ1) is 16.2. The van der Waals surface area contributed by atoms with Gasteiger partial charge in [-0.1, -0.05) is 12.1 Å². The van der Waals surface area contributed by atoms with E-state index in [-0.39, 0.29) is 12.4 Å². The molecule has 3 amide bonds. The maximum Gasteiger partial charge on any atom is 0.313 e. The number of nitrogens with two attached hydrogens (primary N) is 1. The van der Waals surface area contributed by atoms with Gasteiger partial charge >= 0.3 is 11.8 Å². The third-order valence-corrected chi connectivity index (χ3v) is 3.00. The van der Waals surface area contributed by atoms with E-state index < -0.39 is 17.7 Å². The van der Waals surface area contributed by atoms with E-state index in [9.17, 15) is 18.8 Å². The number of rotatable bonds is 4. The van der Waals surface area contributed by atoms with Crippen molar-refractivity contribution < 1.29 is 18.8 Å². The summed E-state index contributed by atoms with van der Waals surface area (Å²) in [5, 5.41) is 4.81. The van der Waals surface area contributed by atoms with E-state index >= 15 is 0 Å². The molecule has 0 aliphatic carbocycles. The zero-order valence-corrected chi connectivity index (χ0v) is 12.0. The highest BCUT2D eigenvalue weighted by Gasteiger charge is 2.13. The smallest absolute Gasteiger partial charge is 0.313 e. The second-order valence-corrected chi connectivity index (χ2v) is 4.70. The summed E-state index contributed by atoms with van der Waals surface area (Å²) in [6.45, 7) is 0.104. The van der Waals surface area contributed by atoms with Gasteiger partial charge in [0.2, 0.25) is 5.91 Å².